The van der Waals surface area contributed by atoms with Crippen LogP contribution in [0.4, 0.5) is 0 Å². The summed E-state index contributed by atoms with van der Waals surface area (Å²) in [6.45, 7) is 4.93. The highest BCUT2D eigenvalue weighted by Crippen LogP contribution is 2.16. The first-order valence-corrected chi connectivity index (χ1v) is 7.33. The maximum atomic E-state index is 11.5. The van der Waals surface area contributed by atoms with Gasteiger partial charge in [-0.05, 0) is 45.7 Å². The van der Waals surface area contributed by atoms with Crippen molar-refractivity contribution in [3.05, 3.63) is 0 Å². The average molecular weight is 254 g/mol. The van der Waals surface area contributed by atoms with Crippen molar-refractivity contribution in [1.82, 2.24) is 9.80 Å². The molecule has 2 aliphatic rings. The van der Waals surface area contributed by atoms with Crippen LogP contribution in [-0.4, -0.2) is 61.6 Å². The van der Waals surface area contributed by atoms with Gasteiger partial charge in [0.15, 0.2) is 0 Å². The summed E-state index contributed by atoms with van der Waals surface area (Å²) in [5, 5.41) is 0. The molecule has 1 unspecified atom stereocenters. The zero-order valence-corrected chi connectivity index (χ0v) is 11.6. The standard InChI is InChI=1S/C14H26N2O2/c1-15(8-2-5-13-6-4-12-18-13)10-11-16-9-3-7-14(16)17/h13H,2-12H2,1H3. The second-order valence-corrected chi connectivity index (χ2v) is 5.56. The minimum atomic E-state index is 0.336. The van der Waals surface area contributed by atoms with E-state index in [0.29, 0.717) is 12.0 Å². The molecular formula is C14H26N2O2. The third kappa shape index (κ3) is 4.25. The van der Waals surface area contributed by atoms with Gasteiger partial charge >= 0.3 is 0 Å². The molecule has 0 aromatic heterocycles. The molecule has 18 heavy (non-hydrogen) atoms. The summed E-state index contributed by atoms with van der Waals surface area (Å²) >= 11 is 0. The Labute approximate surface area is 110 Å². The lowest BCUT2D eigenvalue weighted by Gasteiger charge is -2.22. The van der Waals surface area contributed by atoms with E-state index >= 15 is 0 Å². The average Bonchev–Trinajstić information content (AvgIpc) is 2.98. The molecule has 0 N–H and O–H groups in total. The SMILES string of the molecule is CN(CCCC1CCCO1)CCN1CCCC1=O. The first kappa shape index (κ1) is 13.8. The molecule has 0 saturated carbocycles. The van der Waals surface area contributed by atoms with Gasteiger partial charge in [-0.1, -0.05) is 0 Å². The van der Waals surface area contributed by atoms with Crippen LogP contribution < -0.4 is 0 Å². The van der Waals surface area contributed by atoms with Crippen molar-refractivity contribution in [1.29, 1.82) is 0 Å². The monoisotopic (exact) mass is 254 g/mol. The molecule has 4 heteroatoms. The first-order valence-electron chi connectivity index (χ1n) is 7.33. The van der Waals surface area contributed by atoms with Crippen molar-refractivity contribution >= 4 is 5.91 Å². The van der Waals surface area contributed by atoms with Gasteiger partial charge in [-0.15, -0.1) is 0 Å². The third-order valence-electron chi connectivity index (χ3n) is 4.01. The number of carbonyl (C=O) groups is 1. The summed E-state index contributed by atoms with van der Waals surface area (Å²) in [6, 6.07) is 0. The Kier molecular flexibility index (Phi) is 5.45. The van der Waals surface area contributed by atoms with Crippen LogP contribution in [0.15, 0.2) is 0 Å². The van der Waals surface area contributed by atoms with Crippen molar-refractivity contribution in [2.24, 2.45) is 0 Å². The van der Waals surface area contributed by atoms with Crippen LogP contribution in [0.1, 0.15) is 38.5 Å². The molecule has 4 nitrogen and oxygen atoms in total. The van der Waals surface area contributed by atoms with Gasteiger partial charge in [0.25, 0.3) is 0 Å². The van der Waals surface area contributed by atoms with E-state index in [0.717, 1.165) is 45.6 Å². The molecule has 0 spiro atoms. The van der Waals surface area contributed by atoms with Crippen molar-refractivity contribution in [3.8, 4) is 0 Å². The van der Waals surface area contributed by atoms with E-state index in [9.17, 15) is 4.79 Å². The van der Waals surface area contributed by atoms with Crippen molar-refractivity contribution in [2.45, 2.75) is 44.6 Å². The quantitative estimate of drug-likeness (QED) is 0.690. The Bertz CT molecular complexity index is 265. The van der Waals surface area contributed by atoms with E-state index in [1.165, 1.54) is 25.7 Å². The number of rotatable bonds is 7. The number of ether oxygens (including phenoxy) is 1. The van der Waals surface area contributed by atoms with Crippen LogP contribution in [0.2, 0.25) is 0 Å². The highest BCUT2D eigenvalue weighted by atomic mass is 16.5. The van der Waals surface area contributed by atoms with E-state index in [2.05, 4.69) is 11.9 Å². The molecule has 0 radical (unpaired) electrons. The normalized spacial score (nSPS) is 24.4. The van der Waals surface area contributed by atoms with Crippen molar-refractivity contribution < 1.29 is 9.53 Å². The number of carbonyl (C=O) groups excluding carboxylic acids is 1. The molecule has 2 heterocycles. The topological polar surface area (TPSA) is 32.8 Å². The first-order chi connectivity index (χ1) is 8.75. The molecule has 0 aromatic carbocycles. The Morgan fingerprint density at radius 2 is 2.28 bits per heavy atom. The number of hydrogen-bond acceptors (Lipinski definition) is 3. The van der Waals surface area contributed by atoms with Gasteiger partial charge in [-0.25, -0.2) is 0 Å². The zero-order chi connectivity index (χ0) is 12.8. The lowest BCUT2D eigenvalue weighted by atomic mass is 10.1. The van der Waals surface area contributed by atoms with Crippen molar-refractivity contribution in [3.63, 3.8) is 0 Å². The van der Waals surface area contributed by atoms with E-state index < -0.39 is 0 Å². The molecule has 0 aromatic rings. The Hall–Kier alpha value is -0.610. The zero-order valence-electron chi connectivity index (χ0n) is 11.6. The molecule has 2 rings (SSSR count). The third-order valence-corrected chi connectivity index (χ3v) is 4.01. The summed E-state index contributed by atoms with van der Waals surface area (Å²) < 4.78 is 5.62. The summed E-state index contributed by atoms with van der Waals surface area (Å²) in [5.41, 5.74) is 0. The van der Waals surface area contributed by atoms with E-state index in [-0.39, 0.29) is 0 Å². The fraction of sp³-hybridized carbons (Fsp3) is 0.929. The van der Waals surface area contributed by atoms with Crippen molar-refractivity contribution in [2.75, 3.05) is 39.8 Å². The highest BCUT2D eigenvalue weighted by molar-refractivity contribution is 5.78. The molecule has 2 fully saturated rings. The van der Waals surface area contributed by atoms with Crippen LogP contribution in [-0.2, 0) is 9.53 Å². The molecule has 104 valence electrons. The van der Waals surface area contributed by atoms with Crippen LogP contribution in [0.25, 0.3) is 0 Å². The fourth-order valence-corrected chi connectivity index (χ4v) is 2.80. The van der Waals surface area contributed by atoms with Gasteiger partial charge in [0.2, 0.25) is 5.91 Å². The summed E-state index contributed by atoms with van der Waals surface area (Å²) in [6.07, 6.45) is 7.18. The van der Waals surface area contributed by atoms with Gasteiger partial charge < -0.3 is 14.5 Å². The fourth-order valence-electron chi connectivity index (χ4n) is 2.80. The number of likely N-dealkylation sites (tertiary alicyclic amines) is 1. The molecule has 1 amide bonds. The van der Waals surface area contributed by atoms with E-state index in [1.54, 1.807) is 0 Å². The van der Waals surface area contributed by atoms with Gasteiger partial charge in [-0.2, -0.15) is 0 Å². The maximum Gasteiger partial charge on any atom is 0.222 e. The smallest absolute Gasteiger partial charge is 0.222 e. The van der Waals surface area contributed by atoms with Gasteiger partial charge in [0, 0.05) is 32.7 Å². The van der Waals surface area contributed by atoms with Crippen LogP contribution in [0.3, 0.4) is 0 Å². The van der Waals surface area contributed by atoms with Gasteiger partial charge in [-0.3, -0.25) is 4.79 Å². The van der Waals surface area contributed by atoms with Gasteiger partial charge in [0.05, 0.1) is 6.10 Å². The Balaban J connectivity index is 1.51. The van der Waals surface area contributed by atoms with Crippen LogP contribution in [0.5, 0.6) is 0 Å². The van der Waals surface area contributed by atoms with E-state index in [1.807, 2.05) is 4.90 Å². The number of amides is 1. The maximum absolute atomic E-state index is 11.5. The number of likely N-dealkylation sites (N-methyl/N-ethyl adjacent to an activating group) is 1. The minimum absolute atomic E-state index is 0.336. The molecule has 2 aliphatic heterocycles. The van der Waals surface area contributed by atoms with Crippen LogP contribution in [0, 0.1) is 0 Å². The van der Waals surface area contributed by atoms with Gasteiger partial charge in [0.1, 0.15) is 0 Å². The predicted octanol–water partition coefficient (Wildman–Crippen LogP) is 1.50. The summed E-state index contributed by atoms with van der Waals surface area (Å²) in [4.78, 5) is 15.8. The second kappa shape index (κ2) is 7.10. The number of hydrogen-bond donors (Lipinski definition) is 0. The molecule has 1 atom stereocenters. The second-order valence-electron chi connectivity index (χ2n) is 5.56. The predicted molar refractivity (Wildman–Crippen MR) is 71.5 cm³/mol. The lowest BCUT2D eigenvalue weighted by molar-refractivity contribution is -0.127. The lowest BCUT2D eigenvalue weighted by Crippen LogP contribution is -2.34. The van der Waals surface area contributed by atoms with Crippen LogP contribution >= 0.6 is 0 Å². The largest absolute Gasteiger partial charge is 0.378 e. The van der Waals surface area contributed by atoms with E-state index in [4.69, 9.17) is 4.74 Å². The Morgan fingerprint density at radius 1 is 1.39 bits per heavy atom. The molecular weight excluding hydrogens is 228 g/mol. The molecule has 0 bridgehead atoms. The molecule has 2 saturated heterocycles. The molecule has 0 aliphatic carbocycles. The summed E-state index contributed by atoms with van der Waals surface area (Å²) in [7, 11) is 2.15. The highest BCUT2D eigenvalue weighted by Gasteiger charge is 2.20. The summed E-state index contributed by atoms with van der Waals surface area (Å²) in [5.74, 6) is 0.336. The Morgan fingerprint density at radius 3 is 2.94 bits per heavy atom. The number of nitrogens with zero attached hydrogens (tertiary/aromatic N) is 2. The minimum Gasteiger partial charge on any atom is -0.378 e.